The second-order valence-corrected chi connectivity index (χ2v) is 7.83. The number of carboxylic acids is 1. The fourth-order valence-electron chi connectivity index (χ4n) is 4.22. The average molecular weight is 360 g/mol. The van der Waals surface area contributed by atoms with Gasteiger partial charge in [0.25, 0.3) is 0 Å². The van der Waals surface area contributed by atoms with Gasteiger partial charge in [0.2, 0.25) is 0 Å². The number of anilines is 1. The summed E-state index contributed by atoms with van der Waals surface area (Å²) in [4.78, 5) is 16.0. The number of benzene rings is 1. The molecule has 2 saturated heterocycles. The number of nitrogens with two attached hydrogens (primary N) is 1. The van der Waals surface area contributed by atoms with Crippen LogP contribution in [0.3, 0.4) is 0 Å². The predicted molar refractivity (Wildman–Crippen MR) is 103 cm³/mol. The van der Waals surface area contributed by atoms with Crippen LogP contribution in [0.4, 0.5) is 5.69 Å². The maximum Gasteiger partial charge on any atom is 0.359 e. The van der Waals surface area contributed by atoms with E-state index in [1.54, 1.807) is 0 Å². The highest BCUT2D eigenvalue weighted by Crippen LogP contribution is 2.24. The Kier molecular flexibility index (Phi) is 5.48. The maximum atomic E-state index is 11.0. The molecular formula is C19H30N5O2+. The van der Waals surface area contributed by atoms with E-state index in [9.17, 15) is 4.79 Å². The second-order valence-electron chi connectivity index (χ2n) is 7.83. The number of hydrogen-bond donors (Lipinski definition) is 3. The fraction of sp³-hybridized carbons (Fsp3) is 0.579. The topological polar surface area (TPSA) is 93.6 Å². The Hall–Kier alpha value is -2.12. The van der Waals surface area contributed by atoms with Gasteiger partial charge in [0.15, 0.2) is 6.54 Å². The number of quaternary nitrogens is 1. The molecule has 1 aromatic carbocycles. The zero-order valence-corrected chi connectivity index (χ0v) is 15.5. The third-order valence-electron chi connectivity index (χ3n) is 5.90. The van der Waals surface area contributed by atoms with Gasteiger partial charge in [-0.2, -0.15) is 0 Å². The Labute approximate surface area is 155 Å². The normalized spacial score (nSPS) is 27.3. The van der Waals surface area contributed by atoms with E-state index in [0.717, 1.165) is 57.7 Å². The Morgan fingerprint density at radius 2 is 1.77 bits per heavy atom. The van der Waals surface area contributed by atoms with Gasteiger partial charge in [-0.05, 0) is 24.3 Å². The van der Waals surface area contributed by atoms with Crippen molar-refractivity contribution in [2.75, 3.05) is 57.8 Å². The van der Waals surface area contributed by atoms with Gasteiger partial charge >= 0.3 is 5.97 Å². The number of likely N-dealkylation sites (tertiary alicyclic amines) is 1. The van der Waals surface area contributed by atoms with Crippen LogP contribution in [0.2, 0.25) is 0 Å². The van der Waals surface area contributed by atoms with Crippen molar-refractivity contribution >= 4 is 17.5 Å². The van der Waals surface area contributed by atoms with Crippen LogP contribution in [0.5, 0.6) is 0 Å². The number of piperazine rings is 1. The van der Waals surface area contributed by atoms with Crippen LogP contribution in [0.1, 0.15) is 18.4 Å². The molecule has 0 radical (unpaired) electrons. The molecule has 0 saturated carbocycles. The summed E-state index contributed by atoms with van der Waals surface area (Å²) in [6.45, 7) is 6.21. The third kappa shape index (κ3) is 4.34. The quantitative estimate of drug-likeness (QED) is 0.410. The number of hydrogen-bond acceptors (Lipinski definition) is 4. The van der Waals surface area contributed by atoms with E-state index in [1.807, 2.05) is 24.3 Å². The number of likely N-dealkylation sites (N-methyl/N-ethyl adjacent to an activating group) is 1. The molecule has 2 fully saturated rings. The first-order valence-corrected chi connectivity index (χ1v) is 9.35. The summed E-state index contributed by atoms with van der Waals surface area (Å²) in [5.41, 5.74) is 7.46. The first-order valence-electron chi connectivity index (χ1n) is 9.35. The molecule has 0 aliphatic carbocycles. The van der Waals surface area contributed by atoms with E-state index in [2.05, 4.69) is 16.8 Å². The van der Waals surface area contributed by atoms with Gasteiger partial charge in [-0.1, -0.05) is 0 Å². The van der Waals surface area contributed by atoms with E-state index in [1.165, 1.54) is 5.69 Å². The zero-order valence-electron chi connectivity index (χ0n) is 15.5. The third-order valence-corrected chi connectivity index (χ3v) is 5.90. The molecule has 0 atom stereocenters. The van der Waals surface area contributed by atoms with Crippen LogP contribution in [0.25, 0.3) is 0 Å². The first-order chi connectivity index (χ1) is 12.4. The Morgan fingerprint density at radius 3 is 2.27 bits per heavy atom. The smallest absolute Gasteiger partial charge is 0.359 e. The number of aliphatic carboxylic acids is 1. The summed E-state index contributed by atoms with van der Waals surface area (Å²) in [5, 5.41) is 16.6. The van der Waals surface area contributed by atoms with E-state index < -0.39 is 5.97 Å². The zero-order chi connectivity index (χ0) is 18.7. The molecule has 142 valence electrons. The van der Waals surface area contributed by atoms with Gasteiger partial charge in [-0.3, -0.25) is 10.3 Å². The van der Waals surface area contributed by atoms with Gasteiger partial charge < -0.3 is 20.2 Å². The molecule has 0 aromatic heterocycles. The highest BCUT2D eigenvalue weighted by Gasteiger charge is 2.35. The molecule has 2 heterocycles. The van der Waals surface area contributed by atoms with Crippen molar-refractivity contribution in [1.82, 2.24) is 4.90 Å². The minimum Gasteiger partial charge on any atom is -0.477 e. The SMILES string of the molecule is C[N+]1(CC(=O)O)CCC(N2CCN(c3ccc(C(=N)N)cc3)CC2)CC1. The minimum absolute atomic E-state index is 0.104. The van der Waals surface area contributed by atoms with E-state index in [-0.39, 0.29) is 12.4 Å². The molecule has 1 aromatic rings. The molecule has 0 unspecified atom stereocenters. The van der Waals surface area contributed by atoms with Crippen molar-refractivity contribution in [3.63, 3.8) is 0 Å². The number of amidine groups is 1. The lowest BCUT2D eigenvalue weighted by Crippen LogP contribution is -2.58. The van der Waals surface area contributed by atoms with Crippen LogP contribution in [-0.2, 0) is 4.79 Å². The Balaban J connectivity index is 1.50. The second kappa shape index (κ2) is 7.63. The van der Waals surface area contributed by atoms with Crippen LogP contribution in [0.15, 0.2) is 24.3 Å². The number of nitrogen functional groups attached to an aromatic ring is 1. The van der Waals surface area contributed by atoms with E-state index >= 15 is 0 Å². The van der Waals surface area contributed by atoms with Crippen LogP contribution < -0.4 is 10.6 Å². The van der Waals surface area contributed by atoms with Crippen LogP contribution in [0, 0.1) is 5.41 Å². The molecule has 26 heavy (non-hydrogen) atoms. The van der Waals surface area contributed by atoms with Gasteiger partial charge in [0.1, 0.15) is 5.84 Å². The summed E-state index contributed by atoms with van der Waals surface area (Å²) in [6, 6.07) is 8.49. The van der Waals surface area contributed by atoms with Crippen molar-refractivity contribution in [3.8, 4) is 0 Å². The summed E-state index contributed by atoms with van der Waals surface area (Å²) in [7, 11) is 2.06. The summed E-state index contributed by atoms with van der Waals surface area (Å²) < 4.78 is 0.661. The molecule has 0 bridgehead atoms. The average Bonchev–Trinajstić information content (AvgIpc) is 2.62. The number of carboxylic acid groups (broad SMARTS) is 1. The maximum absolute atomic E-state index is 11.0. The van der Waals surface area contributed by atoms with E-state index in [0.29, 0.717) is 10.5 Å². The van der Waals surface area contributed by atoms with Crippen molar-refractivity contribution in [2.45, 2.75) is 18.9 Å². The first kappa shape index (κ1) is 18.7. The molecule has 4 N–H and O–H groups in total. The Morgan fingerprint density at radius 1 is 1.19 bits per heavy atom. The van der Waals surface area contributed by atoms with Crippen molar-refractivity contribution in [2.24, 2.45) is 5.73 Å². The van der Waals surface area contributed by atoms with Crippen LogP contribution in [-0.4, -0.2) is 85.2 Å². The van der Waals surface area contributed by atoms with Crippen molar-refractivity contribution in [3.05, 3.63) is 29.8 Å². The van der Waals surface area contributed by atoms with Gasteiger partial charge in [0, 0.05) is 56.3 Å². The molecule has 7 heteroatoms. The highest BCUT2D eigenvalue weighted by atomic mass is 16.4. The highest BCUT2D eigenvalue weighted by molar-refractivity contribution is 5.95. The predicted octanol–water partition coefficient (Wildman–Crippen LogP) is 0.786. The molecule has 3 rings (SSSR count). The minimum atomic E-state index is -0.699. The lowest BCUT2D eigenvalue weighted by atomic mass is 10.00. The summed E-state index contributed by atoms with van der Waals surface area (Å²) in [5.74, 6) is -0.595. The summed E-state index contributed by atoms with van der Waals surface area (Å²) in [6.07, 6.45) is 2.16. The lowest BCUT2D eigenvalue weighted by molar-refractivity contribution is -0.907. The standard InChI is InChI=1S/C19H29N5O2/c1-24(14-18(25)26)12-6-17(7-13-24)23-10-8-22(9-11-23)16-4-2-15(3-5-16)19(20)21/h2-5,17H,6-14H2,1H3,(H3-,20,21,25,26)/p+1. The molecule has 7 nitrogen and oxygen atoms in total. The lowest BCUT2D eigenvalue weighted by Gasteiger charge is -2.45. The van der Waals surface area contributed by atoms with Gasteiger partial charge in [-0.15, -0.1) is 0 Å². The largest absolute Gasteiger partial charge is 0.477 e. The molecule has 0 amide bonds. The van der Waals surface area contributed by atoms with Gasteiger partial charge in [0.05, 0.1) is 20.1 Å². The van der Waals surface area contributed by atoms with Crippen LogP contribution >= 0.6 is 0 Å². The monoisotopic (exact) mass is 360 g/mol. The number of piperidine rings is 1. The fourth-order valence-corrected chi connectivity index (χ4v) is 4.22. The molecule has 0 spiro atoms. The van der Waals surface area contributed by atoms with Gasteiger partial charge in [-0.25, -0.2) is 4.79 Å². The number of rotatable bonds is 5. The molecule has 2 aliphatic rings. The molecular weight excluding hydrogens is 330 g/mol. The molecule has 2 aliphatic heterocycles. The summed E-state index contributed by atoms with van der Waals surface area (Å²) >= 11 is 0. The number of nitrogens with zero attached hydrogens (tertiary/aromatic N) is 3. The van der Waals surface area contributed by atoms with Crippen molar-refractivity contribution < 1.29 is 14.4 Å². The van der Waals surface area contributed by atoms with E-state index in [4.69, 9.17) is 16.2 Å². The van der Waals surface area contributed by atoms with Crippen molar-refractivity contribution in [1.29, 1.82) is 5.41 Å². The number of nitrogens with one attached hydrogen (secondary N) is 1. The Bertz CT molecular complexity index is 644. The number of carbonyl (C=O) groups is 1.